The molecule has 6 heterocycles. The van der Waals surface area contributed by atoms with Crippen LogP contribution in [0.3, 0.4) is 0 Å². The van der Waals surface area contributed by atoms with Gasteiger partial charge in [-0.2, -0.15) is 5.26 Å². The average Bonchev–Trinajstić information content (AvgIpc) is 4.15. The molecule has 0 N–H and O–H groups in total. The van der Waals surface area contributed by atoms with Crippen LogP contribution in [-0.4, -0.2) is 15.8 Å². The fraction of sp³-hybridized carbons (Fsp3) is 0. The van der Waals surface area contributed by atoms with E-state index in [1.165, 1.54) is 94.5 Å². The molecule has 0 fully saturated rings. The summed E-state index contributed by atoms with van der Waals surface area (Å²) in [6.07, 6.45) is 0. The number of hydrogen-bond donors (Lipinski definition) is 0. The Morgan fingerprint density at radius 3 is 1.65 bits per heavy atom. The summed E-state index contributed by atoms with van der Waals surface area (Å²) < 4.78 is 14.0. The zero-order valence-electron chi connectivity index (χ0n) is 36.5. The van der Waals surface area contributed by atoms with Crippen molar-refractivity contribution in [1.29, 1.82) is 5.26 Å². The monoisotopic (exact) mass is 929 g/mol. The third kappa shape index (κ3) is 5.32. The van der Waals surface area contributed by atoms with E-state index in [0.29, 0.717) is 5.56 Å². The molecule has 2 aliphatic heterocycles. The molecule has 14 aromatic rings. The summed E-state index contributed by atoms with van der Waals surface area (Å²) >= 11 is 5.64. The first-order valence-electron chi connectivity index (χ1n) is 23.1. The van der Waals surface area contributed by atoms with Gasteiger partial charge in [0.2, 0.25) is 6.71 Å². The molecule has 0 aliphatic carbocycles. The highest BCUT2D eigenvalue weighted by molar-refractivity contribution is 8.01. The van der Waals surface area contributed by atoms with Gasteiger partial charge in [-0.15, -0.1) is 11.3 Å². The minimum atomic E-state index is 0.0505. The highest BCUT2D eigenvalue weighted by Crippen LogP contribution is 2.46. The number of nitrogens with zero attached hydrogens (tertiary/aromatic N) is 3. The Kier molecular flexibility index (Phi) is 7.77. The third-order valence-corrected chi connectivity index (χ3v) is 18.1. The Bertz CT molecular complexity index is 4610. The van der Waals surface area contributed by atoms with Crippen molar-refractivity contribution in [2.75, 3.05) is 0 Å². The summed E-state index contributed by atoms with van der Waals surface area (Å²) in [6.45, 7) is 0.0505. The van der Waals surface area contributed by atoms with Crippen LogP contribution in [-0.2, 0) is 0 Å². The first-order chi connectivity index (χ1) is 34.1. The molecule has 16 rings (SSSR count). The minimum absolute atomic E-state index is 0.0505. The molecule has 0 atom stereocenters. The van der Waals surface area contributed by atoms with Gasteiger partial charge in [-0.1, -0.05) is 125 Å². The third-order valence-electron chi connectivity index (χ3n) is 14.7. The van der Waals surface area contributed by atoms with Crippen LogP contribution in [0.2, 0.25) is 0 Å². The molecule has 0 spiro atoms. The number of aromatic nitrogens is 2. The van der Waals surface area contributed by atoms with E-state index in [0.717, 1.165) is 49.7 Å². The molecule has 0 radical (unpaired) electrons. The van der Waals surface area contributed by atoms with Crippen LogP contribution in [0.15, 0.2) is 218 Å². The fourth-order valence-electron chi connectivity index (χ4n) is 11.7. The number of para-hydroxylation sites is 3. The molecule has 4 aromatic heterocycles. The Labute approximate surface area is 407 Å². The molecule has 0 saturated carbocycles. The summed E-state index contributed by atoms with van der Waals surface area (Å²) in [5.74, 6) is 0. The maximum absolute atomic E-state index is 9.86. The number of fused-ring (bicyclic) bond motifs is 17. The van der Waals surface area contributed by atoms with Crippen LogP contribution >= 0.6 is 34.9 Å². The van der Waals surface area contributed by atoms with E-state index in [-0.39, 0.29) is 6.71 Å². The number of hydrogen-bond acceptors (Lipinski definition) is 5. The lowest BCUT2D eigenvalue weighted by Gasteiger charge is -2.34. The van der Waals surface area contributed by atoms with E-state index in [1.807, 2.05) is 47.0 Å². The SMILES string of the molecule is N#Cc1ccc2c(c1)c1ccccc1n2-c1ccc2c(c1)Sc1cc(-c3ccc4oc5ccc6sc7ccccc7c6c5c4c3)cc3c1B2c1ccc(-n2c4ccccc4c4ccccc42)cc1S3. The fourth-order valence-corrected chi connectivity index (χ4v) is 15.4. The standard InChI is InChI=1S/C61H32BN3OS3/c63-33-34-17-23-50-43(27-34)41-11-3-7-15-49(41)65(50)38-20-22-46-56(32-38)69-58-30-36(35-18-24-51-44(28-35)59-52(66-51)25-26-54-60(59)42-12-4-8-16-53(42)67-54)29-57-61(58)62(46)45-21-19-37(31-55(45)68-57)64-47-13-5-1-9-39(47)40-10-2-6-14-48(40)64/h1-32H. The van der Waals surface area contributed by atoms with Gasteiger partial charge in [0.15, 0.2) is 0 Å². The average molecular weight is 930 g/mol. The van der Waals surface area contributed by atoms with Crippen LogP contribution in [0.25, 0.3) is 108 Å². The molecule has 2 aliphatic rings. The molecular weight excluding hydrogens is 898 g/mol. The van der Waals surface area contributed by atoms with Gasteiger partial charge < -0.3 is 13.6 Å². The van der Waals surface area contributed by atoms with Crippen LogP contribution < -0.4 is 16.4 Å². The number of thiophene rings is 1. The van der Waals surface area contributed by atoms with Gasteiger partial charge in [0.05, 0.1) is 33.7 Å². The first-order valence-corrected chi connectivity index (χ1v) is 25.6. The van der Waals surface area contributed by atoms with E-state index in [1.54, 1.807) is 0 Å². The van der Waals surface area contributed by atoms with Gasteiger partial charge in [0.1, 0.15) is 11.2 Å². The molecule has 8 heteroatoms. The van der Waals surface area contributed by atoms with E-state index < -0.39 is 0 Å². The molecular formula is C61H32BN3OS3. The van der Waals surface area contributed by atoms with Gasteiger partial charge in [-0.05, 0) is 120 Å². The van der Waals surface area contributed by atoms with Crippen LogP contribution in [0.5, 0.6) is 0 Å². The van der Waals surface area contributed by atoms with Crippen molar-refractivity contribution in [3.05, 3.63) is 200 Å². The predicted octanol–water partition coefficient (Wildman–Crippen LogP) is 15.1. The summed E-state index contributed by atoms with van der Waals surface area (Å²) in [7, 11) is 0. The van der Waals surface area contributed by atoms with Crippen molar-refractivity contribution in [2.45, 2.75) is 19.6 Å². The van der Waals surface area contributed by atoms with Gasteiger partial charge >= 0.3 is 0 Å². The number of furan rings is 1. The van der Waals surface area contributed by atoms with E-state index in [4.69, 9.17) is 4.42 Å². The summed E-state index contributed by atoms with van der Waals surface area (Å²) in [4.78, 5) is 5.10. The molecule has 0 unspecified atom stereocenters. The topological polar surface area (TPSA) is 46.8 Å². The van der Waals surface area contributed by atoms with Gasteiger partial charge in [0.25, 0.3) is 0 Å². The van der Waals surface area contributed by atoms with Gasteiger partial charge in [-0.25, -0.2) is 0 Å². The van der Waals surface area contributed by atoms with Crippen LogP contribution in [0.1, 0.15) is 5.56 Å². The Morgan fingerprint density at radius 1 is 0.420 bits per heavy atom. The second-order valence-electron chi connectivity index (χ2n) is 18.3. The summed E-state index contributed by atoms with van der Waals surface area (Å²) in [5.41, 5.74) is 15.8. The predicted molar refractivity (Wildman–Crippen MR) is 291 cm³/mol. The molecule has 318 valence electrons. The number of nitriles is 1. The summed E-state index contributed by atoms with van der Waals surface area (Å²) in [6, 6.07) is 73.5. The lowest BCUT2D eigenvalue weighted by molar-refractivity contribution is 0.669. The zero-order valence-corrected chi connectivity index (χ0v) is 39.0. The van der Waals surface area contributed by atoms with Crippen LogP contribution in [0, 0.1) is 11.3 Å². The maximum Gasteiger partial charge on any atom is 0.247 e. The molecule has 0 saturated heterocycles. The highest BCUT2D eigenvalue weighted by atomic mass is 32.2. The Morgan fingerprint density at radius 2 is 1.00 bits per heavy atom. The van der Waals surface area contributed by atoms with Gasteiger partial charge in [-0.3, -0.25) is 0 Å². The first kappa shape index (κ1) is 38.1. The minimum Gasteiger partial charge on any atom is -0.456 e. The quantitative estimate of drug-likeness (QED) is 0.166. The van der Waals surface area contributed by atoms with Crippen molar-refractivity contribution in [2.24, 2.45) is 0 Å². The lowest BCUT2D eigenvalue weighted by Crippen LogP contribution is -2.58. The second-order valence-corrected chi connectivity index (χ2v) is 21.5. The lowest BCUT2D eigenvalue weighted by atomic mass is 9.36. The van der Waals surface area contributed by atoms with E-state index in [2.05, 4.69) is 197 Å². The van der Waals surface area contributed by atoms with Crippen molar-refractivity contribution in [1.82, 2.24) is 9.13 Å². The van der Waals surface area contributed by atoms with Crippen molar-refractivity contribution in [3.63, 3.8) is 0 Å². The molecule has 0 amide bonds. The van der Waals surface area contributed by atoms with Crippen molar-refractivity contribution in [3.8, 4) is 28.6 Å². The number of rotatable bonds is 3. The van der Waals surface area contributed by atoms with Crippen molar-refractivity contribution < 1.29 is 4.42 Å². The highest BCUT2D eigenvalue weighted by Gasteiger charge is 2.39. The molecule has 10 aromatic carbocycles. The largest absolute Gasteiger partial charge is 0.456 e. The molecule has 0 bridgehead atoms. The summed E-state index contributed by atoms with van der Waals surface area (Å²) in [5, 5.41) is 19.5. The smallest absolute Gasteiger partial charge is 0.247 e. The van der Waals surface area contributed by atoms with E-state index in [9.17, 15) is 5.26 Å². The second kappa shape index (κ2) is 14.1. The van der Waals surface area contributed by atoms with Gasteiger partial charge in [0, 0.05) is 83.4 Å². The zero-order chi connectivity index (χ0) is 45.1. The van der Waals surface area contributed by atoms with E-state index >= 15 is 0 Å². The van der Waals surface area contributed by atoms with Crippen LogP contribution in [0.4, 0.5) is 0 Å². The molecule has 4 nitrogen and oxygen atoms in total. The Balaban J connectivity index is 0.914. The number of benzene rings is 10. The molecule has 69 heavy (non-hydrogen) atoms. The Hall–Kier alpha value is -7.93. The van der Waals surface area contributed by atoms with Crippen molar-refractivity contribution >= 4 is 144 Å². The normalized spacial score (nSPS) is 13.1. The maximum atomic E-state index is 9.86.